The predicted octanol–water partition coefficient (Wildman–Crippen LogP) is 1.71. The number of carboxylic acids is 1. The first-order valence-electron chi connectivity index (χ1n) is 9.35. The van der Waals surface area contributed by atoms with Crippen molar-refractivity contribution in [1.29, 1.82) is 0 Å². The Balaban J connectivity index is 1.77. The number of aromatic nitrogens is 1. The van der Waals surface area contributed by atoms with Gasteiger partial charge in [-0.15, -0.1) is 0 Å². The van der Waals surface area contributed by atoms with Crippen molar-refractivity contribution in [3.8, 4) is 5.75 Å². The highest BCUT2D eigenvalue weighted by atomic mass is 19.1. The van der Waals surface area contributed by atoms with Crippen LogP contribution in [0.4, 0.5) is 10.1 Å². The minimum absolute atomic E-state index is 0.0515. The Morgan fingerprint density at radius 3 is 2.61 bits per heavy atom. The van der Waals surface area contributed by atoms with Crippen molar-refractivity contribution in [2.75, 3.05) is 44.7 Å². The van der Waals surface area contributed by atoms with E-state index in [-0.39, 0.29) is 22.9 Å². The van der Waals surface area contributed by atoms with Crippen molar-refractivity contribution in [2.24, 2.45) is 5.92 Å². The van der Waals surface area contributed by atoms with E-state index < -0.39 is 17.2 Å². The topological polar surface area (TPSA) is 75.0 Å². The normalized spacial score (nSPS) is 21.8. The molecule has 2 aromatic rings. The number of pyridine rings is 1. The number of aromatic carboxylic acids is 1. The molecule has 8 heteroatoms. The van der Waals surface area contributed by atoms with E-state index in [4.69, 9.17) is 4.74 Å². The van der Waals surface area contributed by atoms with Crippen LogP contribution in [0, 0.1) is 11.7 Å². The molecule has 1 N–H and O–H groups in total. The number of carboxylic acid groups (broad SMARTS) is 1. The van der Waals surface area contributed by atoms with Gasteiger partial charge in [0, 0.05) is 38.3 Å². The second-order valence-electron chi connectivity index (χ2n) is 7.65. The molecule has 1 aromatic carbocycles. The highest BCUT2D eigenvalue weighted by Gasteiger charge is 2.36. The van der Waals surface area contributed by atoms with Crippen LogP contribution < -0.4 is 15.1 Å². The second kappa shape index (κ2) is 6.07. The van der Waals surface area contributed by atoms with E-state index in [1.165, 1.54) is 12.3 Å². The summed E-state index contributed by atoms with van der Waals surface area (Å²) in [6, 6.07) is 1.03. The SMILES string of the molecule is CN1CCN(c2c(F)cc3c(=O)c(C(=O)O)cn4c3c2OC[C@@H]4C2C=C2)CC1. The summed E-state index contributed by atoms with van der Waals surface area (Å²) in [5, 5.41) is 9.51. The van der Waals surface area contributed by atoms with Crippen LogP contribution in [0.3, 0.4) is 0 Å². The Morgan fingerprint density at radius 2 is 1.96 bits per heavy atom. The average Bonchev–Trinajstić information content (AvgIpc) is 3.50. The average molecular weight is 385 g/mol. The molecule has 1 atom stereocenters. The maximum atomic E-state index is 15.1. The number of benzene rings is 1. The maximum absolute atomic E-state index is 15.1. The van der Waals surface area contributed by atoms with Gasteiger partial charge in [0.2, 0.25) is 5.43 Å². The number of halogens is 1. The highest BCUT2D eigenvalue weighted by Crippen LogP contribution is 2.45. The lowest BCUT2D eigenvalue weighted by Crippen LogP contribution is -2.45. The van der Waals surface area contributed by atoms with E-state index in [0.29, 0.717) is 36.6 Å². The Labute approximate surface area is 160 Å². The molecule has 0 amide bonds. The molecule has 0 unspecified atom stereocenters. The summed E-state index contributed by atoms with van der Waals surface area (Å²) in [5.41, 5.74) is -0.191. The number of likely N-dealkylation sites (N-methyl/N-ethyl adjacent to an activating group) is 1. The molecule has 0 radical (unpaired) electrons. The molecule has 1 saturated heterocycles. The number of ether oxygens (including phenoxy) is 1. The van der Waals surface area contributed by atoms with Gasteiger partial charge >= 0.3 is 5.97 Å². The van der Waals surface area contributed by atoms with Crippen LogP contribution in [0.2, 0.25) is 0 Å². The van der Waals surface area contributed by atoms with Crippen LogP contribution >= 0.6 is 0 Å². The lowest BCUT2D eigenvalue weighted by molar-refractivity contribution is 0.0694. The zero-order chi connectivity index (χ0) is 19.6. The van der Waals surface area contributed by atoms with Gasteiger partial charge in [-0.1, -0.05) is 12.2 Å². The van der Waals surface area contributed by atoms with Crippen LogP contribution in [-0.4, -0.2) is 60.4 Å². The highest BCUT2D eigenvalue weighted by molar-refractivity contribution is 5.97. The number of nitrogens with zero attached hydrogens (tertiary/aromatic N) is 3. The molecule has 28 heavy (non-hydrogen) atoms. The van der Waals surface area contributed by atoms with Crippen LogP contribution in [0.5, 0.6) is 5.75 Å². The summed E-state index contributed by atoms with van der Waals surface area (Å²) in [4.78, 5) is 28.4. The van der Waals surface area contributed by atoms with Gasteiger partial charge in [0.05, 0.1) is 16.9 Å². The maximum Gasteiger partial charge on any atom is 0.341 e. The lowest BCUT2D eigenvalue weighted by Gasteiger charge is -2.37. The standard InChI is InChI=1S/C20H20FN3O4/c1-22-4-6-23(7-5-22)17-14(21)8-12-16-19(17)28-10-15(11-2-3-11)24(16)9-13(18(12)25)20(26)27/h2-3,8-9,11,15H,4-7,10H2,1H3,(H,26,27)/t15-/m1/s1. The Morgan fingerprint density at radius 1 is 1.25 bits per heavy atom. The summed E-state index contributed by atoms with van der Waals surface area (Å²) in [7, 11) is 2.02. The number of rotatable bonds is 3. The largest absolute Gasteiger partial charge is 0.487 e. The van der Waals surface area contributed by atoms with Gasteiger partial charge in [-0.05, 0) is 13.1 Å². The fourth-order valence-corrected chi connectivity index (χ4v) is 4.18. The van der Waals surface area contributed by atoms with Gasteiger partial charge in [0.25, 0.3) is 0 Å². The molecular formula is C20H20FN3O4. The fourth-order valence-electron chi connectivity index (χ4n) is 4.18. The predicted molar refractivity (Wildman–Crippen MR) is 102 cm³/mol. The van der Waals surface area contributed by atoms with Crippen molar-refractivity contribution in [1.82, 2.24) is 9.47 Å². The molecule has 0 spiro atoms. The molecule has 3 aliphatic rings. The molecule has 3 heterocycles. The van der Waals surface area contributed by atoms with Crippen LogP contribution in [0.25, 0.3) is 10.9 Å². The van der Waals surface area contributed by atoms with Crippen molar-refractivity contribution < 1.29 is 19.0 Å². The van der Waals surface area contributed by atoms with Crippen LogP contribution in [0.1, 0.15) is 16.4 Å². The number of hydrogen-bond donors (Lipinski definition) is 1. The Hall–Kier alpha value is -2.87. The zero-order valence-corrected chi connectivity index (χ0v) is 15.4. The smallest absolute Gasteiger partial charge is 0.341 e. The monoisotopic (exact) mass is 385 g/mol. The second-order valence-corrected chi connectivity index (χ2v) is 7.65. The third-order valence-electron chi connectivity index (χ3n) is 5.86. The van der Waals surface area contributed by atoms with Gasteiger partial charge in [-0.3, -0.25) is 4.79 Å². The first-order chi connectivity index (χ1) is 13.5. The molecule has 0 saturated carbocycles. The minimum Gasteiger partial charge on any atom is -0.487 e. The van der Waals surface area contributed by atoms with Crippen LogP contribution in [0.15, 0.2) is 29.2 Å². The molecule has 1 aliphatic carbocycles. The summed E-state index contributed by atoms with van der Waals surface area (Å²) >= 11 is 0. The van der Waals surface area contributed by atoms with E-state index in [9.17, 15) is 14.7 Å². The van der Waals surface area contributed by atoms with Gasteiger partial charge in [0.15, 0.2) is 11.6 Å². The third kappa shape index (κ3) is 2.51. The molecule has 146 valence electrons. The molecule has 1 fully saturated rings. The summed E-state index contributed by atoms with van der Waals surface area (Å²) in [6.07, 6.45) is 5.40. The van der Waals surface area contributed by atoms with E-state index in [1.807, 2.05) is 24.1 Å². The molecule has 2 aliphatic heterocycles. The number of hydrogen-bond acceptors (Lipinski definition) is 5. The summed E-state index contributed by atoms with van der Waals surface area (Å²) in [6.45, 7) is 3.21. The Kier molecular flexibility index (Phi) is 3.74. The van der Waals surface area contributed by atoms with Gasteiger partial charge in [-0.2, -0.15) is 0 Å². The van der Waals surface area contributed by atoms with Crippen molar-refractivity contribution in [2.45, 2.75) is 6.04 Å². The van der Waals surface area contributed by atoms with Crippen molar-refractivity contribution >= 4 is 22.6 Å². The Bertz CT molecular complexity index is 1080. The molecule has 1 aromatic heterocycles. The number of carbonyl (C=O) groups is 1. The van der Waals surface area contributed by atoms with E-state index in [2.05, 4.69) is 4.90 Å². The van der Waals surface area contributed by atoms with Crippen molar-refractivity contribution in [3.05, 3.63) is 46.0 Å². The fraction of sp³-hybridized carbons (Fsp3) is 0.400. The van der Waals surface area contributed by atoms with Gasteiger partial charge in [0.1, 0.15) is 17.9 Å². The lowest BCUT2D eigenvalue weighted by atomic mass is 10.0. The van der Waals surface area contributed by atoms with Gasteiger partial charge in [-0.25, -0.2) is 9.18 Å². The van der Waals surface area contributed by atoms with E-state index in [1.54, 1.807) is 4.57 Å². The molecule has 0 bridgehead atoms. The van der Waals surface area contributed by atoms with Crippen molar-refractivity contribution in [3.63, 3.8) is 0 Å². The minimum atomic E-state index is -1.31. The summed E-state index contributed by atoms with van der Waals surface area (Å²) < 4.78 is 23.0. The third-order valence-corrected chi connectivity index (χ3v) is 5.86. The zero-order valence-electron chi connectivity index (χ0n) is 15.4. The first kappa shape index (κ1) is 17.2. The molecular weight excluding hydrogens is 365 g/mol. The van der Waals surface area contributed by atoms with Crippen LogP contribution in [-0.2, 0) is 0 Å². The molecule has 7 nitrogen and oxygen atoms in total. The number of piperazine rings is 1. The first-order valence-corrected chi connectivity index (χ1v) is 9.35. The summed E-state index contributed by atoms with van der Waals surface area (Å²) in [5.74, 6) is -1.38. The molecule has 5 rings (SSSR count). The number of allylic oxidation sites excluding steroid dienone is 2. The quantitative estimate of drug-likeness (QED) is 0.811. The van der Waals surface area contributed by atoms with E-state index in [0.717, 1.165) is 13.1 Å². The van der Waals surface area contributed by atoms with Gasteiger partial charge < -0.3 is 24.2 Å². The van der Waals surface area contributed by atoms with E-state index >= 15 is 4.39 Å². The number of anilines is 1.